The van der Waals surface area contributed by atoms with Gasteiger partial charge in [-0.25, -0.2) is 10.1 Å². The third-order valence-corrected chi connectivity index (χ3v) is 1.28. The van der Waals surface area contributed by atoms with Crippen molar-refractivity contribution >= 4 is 7.75 Å². The first-order valence-electron chi connectivity index (χ1n) is 2.38. The second-order valence-corrected chi connectivity index (χ2v) is 2.95. The smallest absolute Gasteiger partial charge is 0.313 e. The molecule has 0 spiro atoms. The maximum Gasteiger partial charge on any atom is 0.400 e. The summed E-state index contributed by atoms with van der Waals surface area (Å²) in [6, 6.07) is 0. The summed E-state index contributed by atoms with van der Waals surface area (Å²) in [5.41, 5.74) is 4.65. The monoisotopic (exact) mass is 151 g/mol. The summed E-state index contributed by atoms with van der Waals surface area (Å²) < 4.78 is 14.6. The lowest BCUT2D eigenvalue weighted by molar-refractivity contribution is 0.226. The molecule has 0 aromatic carbocycles. The first-order valence-corrected chi connectivity index (χ1v) is 4.02. The van der Waals surface area contributed by atoms with Gasteiger partial charge in [-0.15, -0.1) is 6.58 Å². The first-order chi connectivity index (χ1) is 3.95. The zero-order chi connectivity index (χ0) is 7.49. The highest BCUT2D eigenvalue weighted by molar-refractivity contribution is 7.50. The van der Waals surface area contributed by atoms with Crippen molar-refractivity contribution in [3.8, 4) is 0 Å². The van der Waals surface area contributed by atoms with E-state index in [1.165, 1.54) is 6.08 Å². The van der Waals surface area contributed by atoms with Crippen molar-refractivity contribution in [1.29, 1.82) is 0 Å². The highest BCUT2D eigenvalue weighted by Crippen LogP contribution is 2.32. The topological polar surface area (TPSA) is 72.5 Å². The van der Waals surface area contributed by atoms with Crippen molar-refractivity contribution in [2.75, 3.05) is 0 Å². The lowest BCUT2D eigenvalue weighted by atomic mass is 10.4. The highest BCUT2D eigenvalue weighted by atomic mass is 31.2. The minimum absolute atomic E-state index is 0.481. The standard InChI is InChI=1S/C4H10NO3P/c1-3-4(2)8-9(5,6)7/h3-4H,1H2,2H3,(H3,5,6,7). The van der Waals surface area contributed by atoms with Gasteiger partial charge in [0.25, 0.3) is 0 Å². The van der Waals surface area contributed by atoms with Crippen LogP contribution in [0.1, 0.15) is 6.92 Å². The highest BCUT2D eigenvalue weighted by Gasteiger charge is 2.13. The van der Waals surface area contributed by atoms with Crippen LogP contribution in [-0.4, -0.2) is 11.0 Å². The minimum atomic E-state index is -3.81. The molecule has 0 saturated carbocycles. The molecule has 9 heavy (non-hydrogen) atoms. The third kappa shape index (κ3) is 5.73. The van der Waals surface area contributed by atoms with Crippen LogP contribution in [0.25, 0.3) is 0 Å². The van der Waals surface area contributed by atoms with Crippen LogP contribution in [0.3, 0.4) is 0 Å². The number of hydrogen-bond acceptors (Lipinski definition) is 2. The Morgan fingerprint density at radius 1 is 2.00 bits per heavy atom. The van der Waals surface area contributed by atoms with E-state index in [0.717, 1.165) is 0 Å². The van der Waals surface area contributed by atoms with Gasteiger partial charge >= 0.3 is 7.75 Å². The summed E-state index contributed by atoms with van der Waals surface area (Å²) in [5.74, 6) is 0. The Hall–Kier alpha value is -0.150. The Balaban J connectivity index is 3.74. The van der Waals surface area contributed by atoms with Crippen molar-refractivity contribution in [2.45, 2.75) is 13.0 Å². The molecule has 2 unspecified atom stereocenters. The average Bonchev–Trinajstić information content (AvgIpc) is 1.62. The Morgan fingerprint density at radius 2 is 2.44 bits per heavy atom. The lowest BCUT2D eigenvalue weighted by Gasteiger charge is -2.08. The zero-order valence-electron chi connectivity index (χ0n) is 5.15. The van der Waals surface area contributed by atoms with Gasteiger partial charge in [0.15, 0.2) is 0 Å². The van der Waals surface area contributed by atoms with Crippen LogP contribution in [0.4, 0.5) is 0 Å². The number of nitrogens with two attached hydrogens (primary N) is 1. The zero-order valence-corrected chi connectivity index (χ0v) is 6.04. The molecule has 0 fully saturated rings. The van der Waals surface area contributed by atoms with Gasteiger partial charge in [-0.1, -0.05) is 6.08 Å². The number of rotatable bonds is 3. The van der Waals surface area contributed by atoms with Gasteiger partial charge in [-0.3, -0.25) is 4.52 Å². The van der Waals surface area contributed by atoms with E-state index in [9.17, 15) is 4.57 Å². The van der Waals surface area contributed by atoms with E-state index in [1.54, 1.807) is 6.92 Å². The number of hydrogen-bond donors (Lipinski definition) is 2. The van der Waals surface area contributed by atoms with Crippen molar-refractivity contribution < 1.29 is 14.0 Å². The fourth-order valence-electron chi connectivity index (χ4n) is 0.281. The summed E-state index contributed by atoms with van der Waals surface area (Å²) in [7, 11) is -3.81. The van der Waals surface area contributed by atoms with Crippen LogP contribution in [0.15, 0.2) is 12.7 Å². The van der Waals surface area contributed by atoms with E-state index >= 15 is 0 Å². The molecular weight excluding hydrogens is 141 g/mol. The van der Waals surface area contributed by atoms with Crippen LogP contribution in [-0.2, 0) is 9.09 Å². The quantitative estimate of drug-likeness (QED) is 0.458. The molecular formula is C4H10NO3P. The van der Waals surface area contributed by atoms with Crippen LogP contribution >= 0.6 is 7.75 Å². The normalized spacial score (nSPS) is 20.3. The van der Waals surface area contributed by atoms with Gasteiger partial charge in [-0.05, 0) is 6.92 Å². The molecule has 0 aliphatic rings. The van der Waals surface area contributed by atoms with E-state index in [0.29, 0.717) is 0 Å². The molecule has 0 radical (unpaired) electrons. The summed E-state index contributed by atoms with van der Waals surface area (Å²) >= 11 is 0. The predicted octanol–water partition coefficient (Wildman–Crippen LogP) is 0.637. The molecule has 0 aliphatic heterocycles. The van der Waals surface area contributed by atoms with E-state index in [-0.39, 0.29) is 0 Å². The van der Waals surface area contributed by atoms with Crippen LogP contribution in [0.5, 0.6) is 0 Å². The van der Waals surface area contributed by atoms with Crippen LogP contribution < -0.4 is 5.50 Å². The Labute approximate surface area is 53.9 Å². The van der Waals surface area contributed by atoms with Gasteiger partial charge < -0.3 is 4.89 Å². The molecule has 0 bridgehead atoms. The molecule has 0 aliphatic carbocycles. The molecule has 0 rings (SSSR count). The van der Waals surface area contributed by atoms with Crippen molar-refractivity contribution in [1.82, 2.24) is 0 Å². The molecule has 0 amide bonds. The molecule has 4 nitrogen and oxygen atoms in total. The Morgan fingerprint density at radius 3 is 2.56 bits per heavy atom. The maximum absolute atomic E-state index is 10.2. The van der Waals surface area contributed by atoms with Crippen molar-refractivity contribution in [3.63, 3.8) is 0 Å². The molecule has 2 atom stereocenters. The summed E-state index contributed by atoms with van der Waals surface area (Å²) in [5, 5.41) is 0. The second kappa shape index (κ2) is 3.13. The molecule has 3 N–H and O–H groups in total. The van der Waals surface area contributed by atoms with Gasteiger partial charge in [0.05, 0.1) is 6.10 Å². The molecule has 5 heteroatoms. The van der Waals surface area contributed by atoms with E-state index in [4.69, 9.17) is 4.89 Å². The van der Waals surface area contributed by atoms with E-state index in [1.807, 2.05) is 0 Å². The third-order valence-electron chi connectivity index (χ3n) is 0.649. The molecule has 0 heterocycles. The van der Waals surface area contributed by atoms with Gasteiger partial charge in [0, 0.05) is 0 Å². The van der Waals surface area contributed by atoms with Crippen LogP contribution in [0, 0.1) is 0 Å². The summed E-state index contributed by atoms with van der Waals surface area (Å²) in [4.78, 5) is 8.38. The lowest BCUT2D eigenvalue weighted by Crippen LogP contribution is -2.06. The predicted molar refractivity (Wildman–Crippen MR) is 34.8 cm³/mol. The fraction of sp³-hybridized carbons (Fsp3) is 0.500. The van der Waals surface area contributed by atoms with Gasteiger partial charge in [0.1, 0.15) is 0 Å². The Bertz CT molecular complexity index is 141. The maximum atomic E-state index is 10.2. The fourth-order valence-corrected chi connectivity index (χ4v) is 0.844. The SMILES string of the molecule is C=CC(C)OP(N)(=O)O. The first kappa shape index (κ1) is 8.85. The molecule has 0 aromatic rings. The van der Waals surface area contributed by atoms with E-state index < -0.39 is 13.9 Å². The molecule has 54 valence electrons. The van der Waals surface area contributed by atoms with Crippen LogP contribution in [0.2, 0.25) is 0 Å². The van der Waals surface area contributed by atoms with Crippen molar-refractivity contribution in [3.05, 3.63) is 12.7 Å². The largest absolute Gasteiger partial charge is 0.400 e. The van der Waals surface area contributed by atoms with Crippen molar-refractivity contribution in [2.24, 2.45) is 5.50 Å². The molecule has 0 saturated heterocycles. The van der Waals surface area contributed by atoms with Gasteiger partial charge in [-0.2, -0.15) is 0 Å². The summed E-state index contributed by atoms with van der Waals surface area (Å²) in [6.07, 6.45) is 0.904. The van der Waals surface area contributed by atoms with Gasteiger partial charge in [0.2, 0.25) is 0 Å². The summed E-state index contributed by atoms with van der Waals surface area (Å²) in [6.45, 7) is 4.90. The second-order valence-electron chi connectivity index (χ2n) is 1.61. The average molecular weight is 151 g/mol. The van der Waals surface area contributed by atoms with E-state index in [2.05, 4.69) is 16.6 Å². The Kier molecular flexibility index (Phi) is 3.08. The minimum Gasteiger partial charge on any atom is -0.313 e. The molecule has 0 aromatic heterocycles.